The fourth-order valence-electron chi connectivity index (χ4n) is 2.23. The maximum absolute atomic E-state index is 11.9. The minimum atomic E-state index is -0.225. The number of amides is 1. The number of benzene rings is 1. The Bertz CT molecular complexity index is 386. The van der Waals surface area contributed by atoms with Crippen molar-refractivity contribution in [2.24, 2.45) is 11.7 Å². The van der Waals surface area contributed by atoms with Crippen LogP contribution in [0, 0.1) is 5.92 Å². The summed E-state index contributed by atoms with van der Waals surface area (Å²) in [5.41, 5.74) is 6.66. The number of hydrogen-bond donors (Lipinski definition) is 1. The molecule has 1 aliphatic rings. The Morgan fingerprint density at radius 2 is 2.11 bits per heavy atom. The van der Waals surface area contributed by atoms with Crippen molar-refractivity contribution in [1.29, 1.82) is 0 Å². The molecule has 1 heterocycles. The van der Waals surface area contributed by atoms with Crippen molar-refractivity contribution in [3.8, 4) is 0 Å². The van der Waals surface area contributed by atoms with Crippen molar-refractivity contribution >= 4 is 18.5 Å². The molecule has 0 spiro atoms. The number of rotatable bonds is 3. The van der Waals surface area contributed by atoms with Crippen molar-refractivity contribution in [2.75, 3.05) is 19.6 Å². The highest BCUT2D eigenvalue weighted by Gasteiger charge is 2.23. The summed E-state index contributed by atoms with van der Waals surface area (Å²) in [4.78, 5) is 13.7. The van der Waals surface area contributed by atoms with Gasteiger partial charge in [-0.15, -0.1) is 12.4 Å². The number of ether oxygens (including phenoxy) is 1. The van der Waals surface area contributed by atoms with Crippen molar-refractivity contribution in [2.45, 2.75) is 19.4 Å². The summed E-state index contributed by atoms with van der Waals surface area (Å²) < 4.78 is 5.31. The quantitative estimate of drug-likeness (QED) is 0.927. The summed E-state index contributed by atoms with van der Waals surface area (Å²) in [5.74, 6) is 0.419. The lowest BCUT2D eigenvalue weighted by Crippen LogP contribution is -2.42. The van der Waals surface area contributed by atoms with E-state index >= 15 is 0 Å². The van der Waals surface area contributed by atoms with E-state index in [2.05, 4.69) is 0 Å². The first-order chi connectivity index (χ1) is 8.79. The van der Waals surface area contributed by atoms with E-state index in [9.17, 15) is 4.79 Å². The smallest absolute Gasteiger partial charge is 0.410 e. The van der Waals surface area contributed by atoms with Crippen LogP contribution in [0.2, 0.25) is 0 Å². The molecule has 2 rings (SSSR count). The summed E-state index contributed by atoms with van der Waals surface area (Å²) in [5, 5.41) is 0. The van der Waals surface area contributed by atoms with Crippen LogP contribution in [0.4, 0.5) is 4.79 Å². The second kappa shape index (κ2) is 8.02. The minimum absolute atomic E-state index is 0. The van der Waals surface area contributed by atoms with E-state index in [-0.39, 0.29) is 18.5 Å². The Morgan fingerprint density at radius 1 is 1.37 bits per heavy atom. The molecule has 1 amide bonds. The second-order valence-corrected chi connectivity index (χ2v) is 4.73. The van der Waals surface area contributed by atoms with Crippen molar-refractivity contribution < 1.29 is 9.53 Å². The van der Waals surface area contributed by atoms with Gasteiger partial charge in [0.1, 0.15) is 6.61 Å². The monoisotopic (exact) mass is 284 g/mol. The molecule has 1 saturated heterocycles. The molecule has 1 fully saturated rings. The number of carbonyl (C=O) groups excluding carboxylic acids is 1. The predicted octanol–water partition coefficient (Wildman–Crippen LogP) is 2.42. The molecule has 2 N–H and O–H groups in total. The first-order valence-electron chi connectivity index (χ1n) is 6.45. The third kappa shape index (κ3) is 4.73. The van der Waals surface area contributed by atoms with Crippen LogP contribution in [-0.4, -0.2) is 30.6 Å². The van der Waals surface area contributed by atoms with Crippen LogP contribution in [0.5, 0.6) is 0 Å². The zero-order chi connectivity index (χ0) is 12.8. The van der Waals surface area contributed by atoms with E-state index in [1.54, 1.807) is 4.90 Å². The lowest BCUT2D eigenvalue weighted by atomic mass is 9.99. The molecule has 1 aliphatic heterocycles. The van der Waals surface area contributed by atoms with Crippen molar-refractivity contribution in [3.05, 3.63) is 35.9 Å². The van der Waals surface area contributed by atoms with Gasteiger partial charge in [0.05, 0.1) is 0 Å². The van der Waals surface area contributed by atoms with Gasteiger partial charge in [-0.25, -0.2) is 4.79 Å². The van der Waals surface area contributed by atoms with Gasteiger partial charge in [-0.2, -0.15) is 0 Å². The zero-order valence-corrected chi connectivity index (χ0v) is 11.8. The average molecular weight is 285 g/mol. The minimum Gasteiger partial charge on any atom is -0.445 e. The third-order valence-electron chi connectivity index (χ3n) is 3.32. The van der Waals surface area contributed by atoms with Gasteiger partial charge < -0.3 is 15.4 Å². The lowest BCUT2D eigenvalue weighted by Gasteiger charge is -2.31. The molecule has 0 bridgehead atoms. The number of piperidine rings is 1. The molecule has 0 unspecified atom stereocenters. The van der Waals surface area contributed by atoms with E-state index < -0.39 is 0 Å². The normalized spacial score (nSPS) is 18.6. The summed E-state index contributed by atoms with van der Waals surface area (Å²) in [6.45, 7) is 2.49. The summed E-state index contributed by atoms with van der Waals surface area (Å²) in [6.07, 6.45) is 1.90. The van der Waals surface area contributed by atoms with Crippen LogP contribution < -0.4 is 5.73 Å². The van der Waals surface area contributed by atoms with Gasteiger partial charge in [0, 0.05) is 13.1 Å². The largest absolute Gasteiger partial charge is 0.445 e. The number of carbonyl (C=O) groups is 1. The average Bonchev–Trinajstić information content (AvgIpc) is 2.46. The molecular weight excluding hydrogens is 264 g/mol. The maximum atomic E-state index is 11.9. The van der Waals surface area contributed by atoms with Gasteiger partial charge in [-0.1, -0.05) is 30.3 Å². The molecule has 0 aliphatic carbocycles. The zero-order valence-electron chi connectivity index (χ0n) is 11.0. The van der Waals surface area contributed by atoms with Crippen LogP contribution >= 0.6 is 12.4 Å². The Labute approximate surface area is 120 Å². The summed E-state index contributed by atoms with van der Waals surface area (Å²) >= 11 is 0. The van der Waals surface area contributed by atoms with Crippen LogP contribution in [0.15, 0.2) is 30.3 Å². The fraction of sp³-hybridized carbons (Fsp3) is 0.500. The van der Waals surface area contributed by atoms with Crippen molar-refractivity contribution in [1.82, 2.24) is 4.90 Å². The van der Waals surface area contributed by atoms with Crippen LogP contribution in [0.3, 0.4) is 0 Å². The lowest BCUT2D eigenvalue weighted by molar-refractivity contribution is 0.0800. The molecular formula is C14H21ClN2O2. The van der Waals surface area contributed by atoms with E-state index in [1.165, 1.54) is 0 Å². The molecule has 1 atom stereocenters. The molecule has 0 aromatic heterocycles. The Balaban J connectivity index is 0.00000180. The highest BCUT2D eigenvalue weighted by molar-refractivity contribution is 5.85. The first-order valence-corrected chi connectivity index (χ1v) is 6.45. The Morgan fingerprint density at radius 3 is 2.79 bits per heavy atom. The van der Waals surface area contributed by atoms with Gasteiger partial charge in [0.25, 0.3) is 0 Å². The molecule has 0 saturated carbocycles. The summed E-state index contributed by atoms with van der Waals surface area (Å²) in [7, 11) is 0. The molecule has 0 radical (unpaired) electrons. The molecule has 106 valence electrons. The number of nitrogens with zero attached hydrogens (tertiary/aromatic N) is 1. The maximum Gasteiger partial charge on any atom is 0.410 e. The van der Waals surface area contributed by atoms with Crippen LogP contribution in [0.25, 0.3) is 0 Å². The van der Waals surface area contributed by atoms with Crippen LogP contribution in [-0.2, 0) is 11.3 Å². The van der Waals surface area contributed by atoms with Gasteiger partial charge >= 0.3 is 6.09 Å². The molecule has 1 aromatic carbocycles. The van der Waals surface area contributed by atoms with Gasteiger partial charge in [0.2, 0.25) is 0 Å². The van der Waals surface area contributed by atoms with E-state index in [1.807, 2.05) is 30.3 Å². The van der Waals surface area contributed by atoms with Crippen LogP contribution in [0.1, 0.15) is 18.4 Å². The van der Waals surface area contributed by atoms with E-state index in [4.69, 9.17) is 10.5 Å². The fourth-order valence-corrected chi connectivity index (χ4v) is 2.23. The van der Waals surface area contributed by atoms with Gasteiger partial charge in [0.15, 0.2) is 0 Å². The summed E-state index contributed by atoms with van der Waals surface area (Å²) in [6, 6.07) is 9.73. The Hall–Kier alpha value is -1.26. The number of halogens is 1. The Kier molecular flexibility index (Phi) is 6.67. The highest BCUT2D eigenvalue weighted by Crippen LogP contribution is 2.16. The van der Waals surface area contributed by atoms with E-state index in [0.717, 1.165) is 31.5 Å². The third-order valence-corrected chi connectivity index (χ3v) is 3.32. The molecule has 4 nitrogen and oxygen atoms in total. The SMILES string of the molecule is Cl.NC[C@@H]1CCCN(C(=O)OCc2ccccc2)C1. The standard InChI is InChI=1S/C14H20N2O2.ClH/c15-9-13-7-4-8-16(10-13)14(17)18-11-12-5-2-1-3-6-12;/h1-3,5-6,13H,4,7-11,15H2;1H/t13-;/m0./s1. The first kappa shape index (κ1) is 15.8. The highest BCUT2D eigenvalue weighted by atomic mass is 35.5. The van der Waals surface area contributed by atoms with E-state index in [0.29, 0.717) is 19.1 Å². The molecule has 19 heavy (non-hydrogen) atoms. The van der Waals surface area contributed by atoms with Crippen molar-refractivity contribution in [3.63, 3.8) is 0 Å². The second-order valence-electron chi connectivity index (χ2n) is 4.73. The van der Waals surface area contributed by atoms with Gasteiger partial charge in [-0.05, 0) is 30.9 Å². The predicted molar refractivity (Wildman–Crippen MR) is 77.2 cm³/mol. The number of nitrogens with two attached hydrogens (primary N) is 1. The topological polar surface area (TPSA) is 55.6 Å². The number of hydrogen-bond acceptors (Lipinski definition) is 3. The number of likely N-dealkylation sites (tertiary alicyclic amines) is 1. The molecule has 1 aromatic rings. The van der Waals surface area contributed by atoms with Gasteiger partial charge in [-0.3, -0.25) is 0 Å². The molecule has 5 heteroatoms.